The highest BCUT2D eigenvalue weighted by molar-refractivity contribution is 6.58. The van der Waals surface area contributed by atoms with Crippen LogP contribution in [0.4, 0.5) is 0 Å². The van der Waals surface area contributed by atoms with Crippen LogP contribution in [-0.2, 0) is 0 Å². The highest BCUT2D eigenvalue weighted by atomic mass is 13.8. The summed E-state index contributed by atoms with van der Waals surface area (Å²) in [5, 5.41) is 0. The van der Waals surface area contributed by atoms with Crippen LogP contribution in [0.5, 0.6) is 0 Å². The molecule has 54 valence electrons. The third-order valence-corrected chi connectivity index (χ3v) is 2.12. The van der Waals surface area contributed by atoms with E-state index in [0.29, 0.717) is 0 Å². The Balaban J connectivity index is 3.09. The predicted molar refractivity (Wildman–Crippen MR) is 46.4 cm³/mol. The van der Waals surface area contributed by atoms with Gasteiger partial charge in [-0.1, -0.05) is 52.6 Å². The summed E-state index contributed by atoms with van der Waals surface area (Å²) in [5.41, 5.74) is 0. The molecule has 0 radical (unpaired) electrons. The second-order valence-electron chi connectivity index (χ2n) is 2.82. The molecule has 0 aliphatic heterocycles. The molecule has 0 atom stereocenters. The molecule has 0 heterocycles. The van der Waals surface area contributed by atoms with Crippen molar-refractivity contribution >= 4 is 6.71 Å². The zero-order chi connectivity index (χ0) is 7.11. The fourth-order valence-corrected chi connectivity index (χ4v) is 1.19. The van der Waals surface area contributed by atoms with Crippen molar-refractivity contribution in [3.63, 3.8) is 0 Å². The minimum atomic E-state index is 1.00. The molecule has 0 aromatic carbocycles. The Hall–Kier alpha value is 0.0649. The molecule has 0 amide bonds. The molecule has 0 rings (SSSR count). The van der Waals surface area contributed by atoms with Crippen molar-refractivity contribution in [2.75, 3.05) is 0 Å². The Morgan fingerprint density at radius 2 is 1.56 bits per heavy atom. The van der Waals surface area contributed by atoms with Gasteiger partial charge < -0.3 is 0 Å². The molecule has 0 bridgehead atoms. The van der Waals surface area contributed by atoms with E-state index in [1.165, 1.54) is 31.8 Å². The fraction of sp³-hybridized carbons (Fsp3) is 1.00. The maximum Gasteiger partial charge on any atom is 0.139 e. The van der Waals surface area contributed by atoms with E-state index in [1.807, 2.05) is 0 Å². The van der Waals surface area contributed by atoms with Crippen molar-refractivity contribution < 1.29 is 0 Å². The molecule has 9 heavy (non-hydrogen) atoms. The maximum absolute atomic E-state index is 2.30. The Kier molecular flexibility index (Phi) is 6.23. The summed E-state index contributed by atoms with van der Waals surface area (Å²) < 4.78 is 0. The molecule has 0 aliphatic rings. The molecular weight excluding hydrogens is 107 g/mol. The third kappa shape index (κ3) is 4.56. The topological polar surface area (TPSA) is 0 Å². The van der Waals surface area contributed by atoms with E-state index in [4.69, 9.17) is 0 Å². The first-order valence-corrected chi connectivity index (χ1v) is 4.35. The number of unbranched alkanes of at least 4 members (excludes halogenated alkanes) is 1. The average molecular weight is 126 g/mol. The summed E-state index contributed by atoms with van der Waals surface area (Å²) in [7, 11) is 0. The van der Waals surface area contributed by atoms with Gasteiger partial charge in [0.2, 0.25) is 0 Å². The monoisotopic (exact) mass is 126 g/mol. The van der Waals surface area contributed by atoms with Crippen LogP contribution in [0.2, 0.25) is 19.0 Å². The molecular formula is C8H19B. The summed E-state index contributed by atoms with van der Waals surface area (Å²) in [6.45, 7) is 7.86. The van der Waals surface area contributed by atoms with Gasteiger partial charge in [0.05, 0.1) is 0 Å². The van der Waals surface area contributed by atoms with Gasteiger partial charge in [0, 0.05) is 0 Å². The van der Waals surface area contributed by atoms with Gasteiger partial charge in [-0.25, -0.2) is 0 Å². The van der Waals surface area contributed by atoms with E-state index in [0.717, 1.165) is 6.71 Å². The van der Waals surface area contributed by atoms with Gasteiger partial charge in [-0.15, -0.1) is 0 Å². The second-order valence-corrected chi connectivity index (χ2v) is 2.82. The lowest BCUT2D eigenvalue weighted by Crippen LogP contribution is -2.07. The van der Waals surface area contributed by atoms with Gasteiger partial charge in [0.25, 0.3) is 0 Å². The predicted octanol–water partition coefficient (Wildman–Crippen LogP) is 3.32. The summed E-state index contributed by atoms with van der Waals surface area (Å²) >= 11 is 0. The average Bonchev–Trinajstić information content (AvgIpc) is 1.91. The number of rotatable bonds is 5. The molecule has 1 heteroatoms. The van der Waals surface area contributed by atoms with E-state index < -0.39 is 0 Å². The smallest absolute Gasteiger partial charge is 0.0770 e. The Morgan fingerprint density at radius 1 is 1.00 bits per heavy atom. The standard InChI is InChI=1S/C8H19B/c1-4-7-8-9(5-2)6-3/h4-8H2,1-3H3. The van der Waals surface area contributed by atoms with E-state index in [1.54, 1.807) is 0 Å². The van der Waals surface area contributed by atoms with E-state index in [9.17, 15) is 0 Å². The van der Waals surface area contributed by atoms with Crippen LogP contribution in [0.25, 0.3) is 0 Å². The Bertz CT molecular complexity index is 48.5. The number of hydrogen-bond donors (Lipinski definition) is 0. The van der Waals surface area contributed by atoms with Crippen molar-refractivity contribution in [2.24, 2.45) is 0 Å². The lowest BCUT2D eigenvalue weighted by Gasteiger charge is -2.05. The van der Waals surface area contributed by atoms with Crippen LogP contribution in [0.1, 0.15) is 33.6 Å². The van der Waals surface area contributed by atoms with Crippen LogP contribution in [0.15, 0.2) is 0 Å². The zero-order valence-electron chi connectivity index (χ0n) is 7.11. The van der Waals surface area contributed by atoms with E-state index in [-0.39, 0.29) is 0 Å². The summed E-state index contributed by atoms with van der Waals surface area (Å²) in [6, 6.07) is 0. The minimum absolute atomic E-state index is 1.00. The van der Waals surface area contributed by atoms with E-state index >= 15 is 0 Å². The van der Waals surface area contributed by atoms with Crippen LogP contribution in [-0.4, -0.2) is 6.71 Å². The van der Waals surface area contributed by atoms with Crippen LogP contribution >= 0.6 is 0 Å². The summed E-state index contributed by atoms with van der Waals surface area (Å²) in [5.74, 6) is 0. The molecule has 0 spiro atoms. The van der Waals surface area contributed by atoms with Crippen molar-refractivity contribution in [3.05, 3.63) is 0 Å². The van der Waals surface area contributed by atoms with Crippen LogP contribution in [0.3, 0.4) is 0 Å². The molecule has 0 nitrogen and oxygen atoms in total. The van der Waals surface area contributed by atoms with Gasteiger partial charge in [-0.3, -0.25) is 0 Å². The normalized spacial score (nSPS) is 9.67. The Labute approximate surface area is 60.1 Å². The number of hydrogen-bond acceptors (Lipinski definition) is 0. The molecule has 0 saturated heterocycles. The quantitative estimate of drug-likeness (QED) is 0.495. The zero-order valence-corrected chi connectivity index (χ0v) is 7.11. The van der Waals surface area contributed by atoms with Crippen molar-refractivity contribution in [1.29, 1.82) is 0 Å². The SMILES string of the molecule is CCCCB(CC)CC. The fourth-order valence-electron chi connectivity index (χ4n) is 1.19. The van der Waals surface area contributed by atoms with Crippen molar-refractivity contribution in [2.45, 2.75) is 52.6 Å². The van der Waals surface area contributed by atoms with Crippen molar-refractivity contribution in [3.8, 4) is 0 Å². The van der Waals surface area contributed by atoms with Gasteiger partial charge in [-0.05, 0) is 0 Å². The van der Waals surface area contributed by atoms with Crippen LogP contribution in [0, 0.1) is 0 Å². The van der Waals surface area contributed by atoms with Gasteiger partial charge >= 0.3 is 0 Å². The molecule has 0 N–H and O–H groups in total. The van der Waals surface area contributed by atoms with Gasteiger partial charge in [0.1, 0.15) is 6.71 Å². The maximum atomic E-state index is 2.30. The minimum Gasteiger partial charge on any atom is -0.0770 e. The molecule has 0 fully saturated rings. The second kappa shape index (κ2) is 6.19. The van der Waals surface area contributed by atoms with Gasteiger partial charge in [-0.2, -0.15) is 0 Å². The third-order valence-electron chi connectivity index (χ3n) is 2.12. The molecule has 0 aromatic heterocycles. The first kappa shape index (κ1) is 9.06. The first-order valence-electron chi connectivity index (χ1n) is 4.35. The highest BCUT2D eigenvalue weighted by Crippen LogP contribution is 2.08. The molecule has 0 unspecified atom stereocenters. The lowest BCUT2D eigenvalue weighted by molar-refractivity contribution is 0.868. The summed E-state index contributed by atoms with van der Waals surface area (Å²) in [6.07, 6.45) is 6.97. The molecule has 0 aromatic rings. The summed E-state index contributed by atoms with van der Waals surface area (Å²) in [4.78, 5) is 0. The molecule has 0 saturated carbocycles. The van der Waals surface area contributed by atoms with E-state index in [2.05, 4.69) is 20.8 Å². The van der Waals surface area contributed by atoms with Crippen LogP contribution < -0.4 is 0 Å². The largest absolute Gasteiger partial charge is 0.139 e. The Morgan fingerprint density at radius 3 is 1.89 bits per heavy atom. The lowest BCUT2D eigenvalue weighted by atomic mass is 9.43. The highest BCUT2D eigenvalue weighted by Gasteiger charge is 2.05. The van der Waals surface area contributed by atoms with Gasteiger partial charge in [0.15, 0.2) is 0 Å². The van der Waals surface area contributed by atoms with Crippen molar-refractivity contribution in [1.82, 2.24) is 0 Å². The first-order chi connectivity index (χ1) is 4.35. The molecule has 0 aliphatic carbocycles.